The Kier molecular flexibility index (Phi) is 7.47. The average molecular weight is 451 g/mol. The summed E-state index contributed by atoms with van der Waals surface area (Å²) in [5.41, 5.74) is -3.49. The van der Waals surface area contributed by atoms with Gasteiger partial charge in [0.2, 0.25) is 5.78 Å². The van der Waals surface area contributed by atoms with Crippen LogP contribution in [0.3, 0.4) is 0 Å². The summed E-state index contributed by atoms with van der Waals surface area (Å²) in [5, 5.41) is 22.9. The van der Waals surface area contributed by atoms with Gasteiger partial charge in [0, 0.05) is 28.9 Å². The van der Waals surface area contributed by atoms with Crippen LogP contribution in [-0.2, 0) is 23.9 Å². The Hall–Kier alpha value is -1.99. The molecule has 0 aliphatic heterocycles. The third kappa shape index (κ3) is 4.42. The standard InChI is InChI=1S/C25H38O7/c1-9-15(5)21(27)31-17-13-24(8,29)19(26)20(32-22(28)16(6)10-2)23(7)11-12-25(30,14(3)4)18(17)23/h9-10,14,17-18,20,29-30H,11-13H2,1-8H3/b15-9+,16-10+. The van der Waals surface area contributed by atoms with Crippen molar-refractivity contribution >= 4 is 17.7 Å². The number of allylic oxidation sites excluding steroid dienone is 2. The van der Waals surface area contributed by atoms with Crippen LogP contribution in [0.25, 0.3) is 0 Å². The van der Waals surface area contributed by atoms with E-state index >= 15 is 0 Å². The fourth-order valence-electron chi connectivity index (χ4n) is 5.20. The molecule has 180 valence electrons. The first-order chi connectivity index (χ1) is 14.7. The number of hydrogen-bond acceptors (Lipinski definition) is 7. The van der Waals surface area contributed by atoms with Gasteiger partial charge in [0.05, 0.1) is 5.60 Å². The normalized spacial score (nSPS) is 38.3. The van der Waals surface area contributed by atoms with Crippen LogP contribution in [-0.4, -0.2) is 51.3 Å². The van der Waals surface area contributed by atoms with Gasteiger partial charge in [-0.15, -0.1) is 0 Å². The topological polar surface area (TPSA) is 110 Å². The second kappa shape index (κ2) is 9.10. The summed E-state index contributed by atoms with van der Waals surface area (Å²) < 4.78 is 11.5. The Labute approximate surface area is 190 Å². The summed E-state index contributed by atoms with van der Waals surface area (Å²) in [6.45, 7) is 13.5. The maximum atomic E-state index is 13.5. The van der Waals surface area contributed by atoms with Crippen LogP contribution in [0, 0.1) is 17.3 Å². The maximum absolute atomic E-state index is 13.5. The molecule has 6 unspecified atom stereocenters. The fraction of sp³-hybridized carbons (Fsp3) is 0.720. The number of aliphatic hydroxyl groups is 2. The van der Waals surface area contributed by atoms with Crippen molar-refractivity contribution < 1.29 is 34.1 Å². The number of fused-ring (bicyclic) bond motifs is 1. The summed E-state index contributed by atoms with van der Waals surface area (Å²) in [4.78, 5) is 38.8. The highest BCUT2D eigenvalue weighted by molar-refractivity contribution is 5.96. The first-order valence-corrected chi connectivity index (χ1v) is 11.3. The van der Waals surface area contributed by atoms with Crippen LogP contribution in [0.15, 0.2) is 23.3 Å². The lowest BCUT2D eigenvalue weighted by molar-refractivity contribution is -0.176. The van der Waals surface area contributed by atoms with Crippen molar-refractivity contribution in [2.45, 2.75) is 98.1 Å². The molecule has 2 fully saturated rings. The molecule has 0 aromatic heterocycles. The van der Waals surface area contributed by atoms with Crippen LogP contribution in [0.2, 0.25) is 0 Å². The SMILES string of the molecule is C/C=C(\C)C(=O)OC1CC(C)(O)C(=O)C(OC(=O)/C(C)=C/C)C2(C)CCC(O)(C(C)C)C12. The van der Waals surface area contributed by atoms with E-state index in [1.54, 1.807) is 46.8 Å². The van der Waals surface area contributed by atoms with Crippen molar-refractivity contribution in [3.63, 3.8) is 0 Å². The zero-order valence-corrected chi connectivity index (χ0v) is 20.5. The third-order valence-electron chi connectivity index (χ3n) is 7.64. The van der Waals surface area contributed by atoms with Crippen LogP contribution in [0.4, 0.5) is 0 Å². The van der Waals surface area contributed by atoms with Crippen molar-refractivity contribution in [1.29, 1.82) is 0 Å². The van der Waals surface area contributed by atoms with Gasteiger partial charge in [-0.25, -0.2) is 9.59 Å². The molecule has 7 heteroatoms. The number of hydrogen-bond donors (Lipinski definition) is 2. The molecule has 0 heterocycles. The quantitative estimate of drug-likeness (QED) is 0.488. The lowest BCUT2D eigenvalue weighted by atomic mass is 9.66. The average Bonchev–Trinajstić information content (AvgIpc) is 2.98. The van der Waals surface area contributed by atoms with Gasteiger partial charge in [0.15, 0.2) is 6.10 Å². The Balaban J connectivity index is 2.67. The predicted molar refractivity (Wildman–Crippen MR) is 119 cm³/mol. The Morgan fingerprint density at radius 2 is 1.50 bits per heavy atom. The first-order valence-electron chi connectivity index (χ1n) is 11.3. The molecule has 0 aromatic carbocycles. The zero-order valence-electron chi connectivity index (χ0n) is 20.5. The minimum Gasteiger partial charge on any atom is -0.458 e. The van der Waals surface area contributed by atoms with E-state index in [0.29, 0.717) is 24.0 Å². The molecule has 32 heavy (non-hydrogen) atoms. The molecule has 0 amide bonds. The Morgan fingerprint density at radius 3 is 1.97 bits per heavy atom. The Bertz CT molecular complexity index is 837. The van der Waals surface area contributed by atoms with E-state index in [1.165, 1.54) is 6.92 Å². The monoisotopic (exact) mass is 450 g/mol. The van der Waals surface area contributed by atoms with Gasteiger partial charge in [-0.3, -0.25) is 4.79 Å². The lowest BCUT2D eigenvalue weighted by Gasteiger charge is -2.44. The van der Waals surface area contributed by atoms with Crippen molar-refractivity contribution in [2.75, 3.05) is 0 Å². The number of Topliss-reactive ketones (excluding diaryl/α,β-unsaturated/α-hetero) is 1. The molecule has 0 spiro atoms. The number of ketones is 1. The molecule has 6 atom stereocenters. The van der Waals surface area contributed by atoms with E-state index in [9.17, 15) is 24.6 Å². The number of carbonyl (C=O) groups excluding carboxylic acids is 3. The van der Waals surface area contributed by atoms with Crippen molar-refractivity contribution in [1.82, 2.24) is 0 Å². The zero-order chi connectivity index (χ0) is 24.6. The molecule has 2 N–H and O–H groups in total. The predicted octanol–water partition coefficient (Wildman–Crippen LogP) is 3.27. The van der Waals surface area contributed by atoms with Gasteiger partial charge in [-0.1, -0.05) is 32.9 Å². The third-order valence-corrected chi connectivity index (χ3v) is 7.64. The van der Waals surface area contributed by atoms with E-state index in [-0.39, 0.29) is 12.3 Å². The van der Waals surface area contributed by atoms with Crippen LogP contribution >= 0.6 is 0 Å². The van der Waals surface area contributed by atoms with E-state index in [4.69, 9.17) is 9.47 Å². The van der Waals surface area contributed by atoms with Crippen molar-refractivity contribution in [2.24, 2.45) is 17.3 Å². The summed E-state index contributed by atoms with van der Waals surface area (Å²) in [7, 11) is 0. The van der Waals surface area contributed by atoms with E-state index in [0.717, 1.165) is 0 Å². The van der Waals surface area contributed by atoms with Gasteiger partial charge < -0.3 is 19.7 Å². The minimum absolute atomic E-state index is 0.194. The second-order valence-electron chi connectivity index (χ2n) is 10.1. The van der Waals surface area contributed by atoms with E-state index in [1.807, 2.05) is 13.8 Å². The summed E-state index contributed by atoms with van der Waals surface area (Å²) in [6.07, 6.45) is 1.51. The van der Waals surface area contributed by atoms with Crippen molar-refractivity contribution in [3.8, 4) is 0 Å². The number of rotatable bonds is 5. The van der Waals surface area contributed by atoms with Gasteiger partial charge >= 0.3 is 11.9 Å². The largest absolute Gasteiger partial charge is 0.458 e. The second-order valence-corrected chi connectivity index (χ2v) is 10.1. The molecule has 0 radical (unpaired) electrons. The van der Waals surface area contributed by atoms with Crippen LogP contribution in [0.1, 0.15) is 74.7 Å². The van der Waals surface area contributed by atoms with E-state index < -0.39 is 52.5 Å². The van der Waals surface area contributed by atoms with Crippen LogP contribution in [0.5, 0.6) is 0 Å². The number of carbonyl (C=O) groups is 3. The number of ether oxygens (including phenoxy) is 2. The smallest absolute Gasteiger partial charge is 0.334 e. The molecule has 2 aliphatic rings. The number of esters is 2. The molecular weight excluding hydrogens is 412 g/mol. The maximum Gasteiger partial charge on any atom is 0.334 e. The summed E-state index contributed by atoms with van der Waals surface area (Å²) in [5.74, 6) is -2.80. The minimum atomic E-state index is -1.91. The van der Waals surface area contributed by atoms with Gasteiger partial charge in [-0.05, 0) is 53.4 Å². The fourth-order valence-corrected chi connectivity index (χ4v) is 5.20. The molecule has 0 aromatic rings. The highest BCUT2D eigenvalue weighted by atomic mass is 16.6. The van der Waals surface area contributed by atoms with Gasteiger partial charge in [-0.2, -0.15) is 0 Å². The van der Waals surface area contributed by atoms with Crippen molar-refractivity contribution in [3.05, 3.63) is 23.3 Å². The summed E-state index contributed by atoms with van der Waals surface area (Å²) in [6, 6.07) is 0. The van der Waals surface area contributed by atoms with Gasteiger partial charge in [0.1, 0.15) is 11.7 Å². The van der Waals surface area contributed by atoms with Crippen LogP contribution < -0.4 is 0 Å². The lowest BCUT2D eigenvalue weighted by Crippen LogP contribution is -2.54. The molecular formula is C25H38O7. The highest BCUT2D eigenvalue weighted by Crippen LogP contribution is 2.59. The highest BCUT2D eigenvalue weighted by Gasteiger charge is 2.68. The molecule has 7 nitrogen and oxygen atoms in total. The summed E-state index contributed by atoms with van der Waals surface area (Å²) >= 11 is 0. The molecule has 2 rings (SSSR count). The molecule has 2 saturated carbocycles. The Morgan fingerprint density at radius 1 is 1.00 bits per heavy atom. The molecule has 0 saturated heterocycles. The first kappa shape index (κ1) is 26.3. The molecule has 0 bridgehead atoms. The van der Waals surface area contributed by atoms with E-state index in [2.05, 4.69) is 0 Å². The molecule has 2 aliphatic carbocycles. The van der Waals surface area contributed by atoms with Gasteiger partial charge in [0.25, 0.3) is 0 Å².